The van der Waals surface area contributed by atoms with E-state index < -0.39 is 23.4 Å². The van der Waals surface area contributed by atoms with Crippen molar-refractivity contribution in [2.45, 2.75) is 6.54 Å². The molecule has 1 amide bonds. The number of carbonyl (C=O) groups is 2. The molecular formula is C17H13ClN4O5. The highest BCUT2D eigenvalue weighted by Crippen LogP contribution is 2.26. The van der Waals surface area contributed by atoms with Crippen molar-refractivity contribution in [2.24, 2.45) is 0 Å². The third kappa shape index (κ3) is 4.39. The summed E-state index contributed by atoms with van der Waals surface area (Å²) in [6, 6.07) is 10.9. The van der Waals surface area contributed by atoms with Crippen molar-refractivity contribution in [1.29, 1.82) is 0 Å². The summed E-state index contributed by atoms with van der Waals surface area (Å²) in [6.45, 7) is -0.606. The zero-order valence-corrected chi connectivity index (χ0v) is 14.5. The van der Waals surface area contributed by atoms with E-state index in [0.717, 1.165) is 17.1 Å². The van der Waals surface area contributed by atoms with Gasteiger partial charge in [-0.05, 0) is 18.2 Å². The summed E-state index contributed by atoms with van der Waals surface area (Å²) in [7, 11) is 0. The van der Waals surface area contributed by atoms with Crippen LogP contribution >= 0.6 is 11.6 Å². The fourth-order valence-corrected chi connectivity index (χ4v) is 2.59. The summed E-state index contributed by atoms with van der Waals surface area (Å²) in [5, 5.41) is 13.1. The highest BCUT2D eigenvalue weighted by molar-refractivity contribution is 6.34. The van der Waals surface area contributed by atoms with E-state index in [2.05, 4.69) is 10.3 Å². The Kier molecular flexibility index (Phi) is 5.32. The number of halogens is 1. The van der Waals surface area contributed by atoms with Crippen molar-refractivity contribution in [3.05, 3.63) is 63.9 Å². The quantitative estimate of drug-likeness (QED) is 0.394. The Hall–Kier alpha value is -3.46. The predicted molar refractivity (Wildman–Crippen MR) is 97.4 cm³/mol. The fraction of sp³-hybridized carbons (Fsp3) is 0.118. The lowest BCUT2D eigenvalue weighted by atomic mass is 10.3. The minimum absolute atomic E-state index is 0.00811. The second kappa shape index (κ2) is 7.83. The van der Waals surface area contributed by atoms with Gasteiger partial charge in [0.1, 0.15) is 6.54 Å². The number of esters is 1. The lowest BCUT2D eigenvalue weighted by molar-refractivity contribution is -0.384. The average Bonchev–Trinajstić information content (AvgIpc) is 3.04. The first-order chi connectivity index (χ1) is 12.9. The van der Waals surface area contributed by atoms with Gasteiger partial charge in [0.2, 0.25) is 0 Å². The molecule has 0 atom stereocenters. The molecule has 0 fully saturated rings. The largest absolute Gasteiger partial charge is 0.454 e. The van der Waals surface area contributed by atoms with Gasteiger partial charge in [-0.1, -0.05) is 23.7 Å². The van der Waals surface area contributed by atoms with Crippen LogP contribution in [-0.2, 0) is 20.9 Å². The van der Waals surface area contributed by atoms with Crippen molar-refractivity contribution in [2.75, 3.05) is 11.9 Å². The normalized spacial score (nSPS) is 10.6. The number of fused-ring (bicyclic) bond motifs is 1. The Balaban J connectivity index is 1.54. The standard InChI is InChI=1S/C17H13ClN4O5/c18-12-7-11(22(25)26)5-6-13(12)20-16(23)9-27-17(24)8-21-10-19-14-3-1-2-4-15(14)21/h1-7,10H,8-9H2,(H,20,23). The number of rotatable bonds is 6. The van der Waals surface area contributed by atoms with Gasteiger partial charge < -0.3 is 14.6 Å². The monoisotopic (exact) mass is 388 g/mol. The van der Waals surface area contributed by atoms with Gasteiger partial charge in [0.25, 0.3) is 11.6 Å². The van der Waals surface area contributed by atoms with Crippen LogP contribution in [0.1, 0.15) is 0 Å². The summed E-state index contributed by atoms with van der Waals surface area (Å²) >= 11 is 5.89. The number of para-hydroxylation sites is 2. The SMILES string of the molecule is O=C(COC(=O)Cn1cnc2ccccc21)Nc1ccc([N+](=O)[O-])cc1Cl. The predicted octanol–water partition coefficient (Wildman–Crippen LogP) is 2.78. The smallest absolute Gasteiger partial charge is 0.326 e. The Morgan fingerprint density at radius 2 is 2.04 bits per heavy atom. The average molecular weight is 389 g/mol. The Labute approximate surface area is 157 Å². The molecule has 138 valence electrons. The lowest BCUT2D eigenvalue weighted by Gasteiger charge is -2.08. The van der Waals surface area contributed by atoms with Crippen LogP contribution in [0.15, 0.2) is 48.8 Å². The summed E-state index contributed by atoms with van der Waals surface area (Å²) in [5.74, 6) is -1.22. The van der Waals surface area contributed by atoms with Crippen LogP contribution in [0.3, 0.4) is 0 Å². The highest BCUT2D eigenvalue weighted by Gasteiger charge is 2.14. The number of carbonyl (C=O) groups excluding carboxylic acids is 2. The number of aromatic nitrogens is 2. The minimum atomic E-state index is -0.616. The molecule has 0 unspecified atom stereocenters. The Morgan fingerprint density at radius 1 is 1.26 bits per heavy atom. The molecule has 0 radical (unpaired) electrons. The first-order valence-corrected chi connectivity index (χ1v) is 8.11. The Bertz CT molecular complexity index is 1030. The van der Waals surface area contributed by atoms with Gasteiger partial charge in [-0.25, -0.2) is 4.98 Å². The zero-order chi connectivity index (χ0) is 19.4. The van der Waals surface area contributed by atoms with E-state index in [1.807, 2.05) is 24.3 Å². The van der Waals surface area contributed by atoms with Crippen LogP contribution in [0.25, 0.3) is 11.0 Å². The van der Waals surface area contributed by atoms with Crippen LogP contribution in [-0.4, -0.2) is 33.0 Å². The lowest BCUT2D eigenvalue weighted by Crippen LogP contribution is -2.23. The number of imidazole rings is 1. The third-order valence-electron chi connectivity index (χ3n) is 3.63. The number of nitro groups is 1. The Morgan fingerprint density at radius 3 is 2.78 bits per heavy atom. The van der Waals surface area contributed by atoms with Crippen LogP contribution in [0.2, 0.25) is 5.02 Å². The van der Waals surface area contributed by atoms with Gasteiger partial charge in [-0.3, -0.25) is 19.7 Å². The molecule has 0 spiro atoms. The number of hydrogen-bond donors (Lipinski definition) is 1. The van der Waals surface area contributed by atoms with Gasteiger partial charge in [0.05, 0.1) is 33.0 Å². The van der Waals surface area contributed by atoms with Crippen LogP contribution < -0.4 is 5.32 Å². The van der Waals surface area contributed by atoms with Crippen molar-refractivity contribution >= 4 is 45.9 Å². The fourth-order valence-electron chi connectivity index (χ4n) is 2.37. The number of non-ortho nitro benzene ring substituents is 1. The van der Waals surface area contributed by atoms with Crippen molar-refractivity contribution in [1.82, 2.24) is 9.55 Å². The molecule has 1 heterocycles. The second-order valence-corrected chi connectivity index (χ2v) is 5.90. The van der Waals surface area contributed by atoms with Crippen molar-refractivity contribution < 1.29 is 19.2 Å². The molecule has 9 nitrogen and oxygen atoms in total. The van der Waals surface area contributed by atoms with E-state index in [0.29, 0.717) is 0 Å². The molecule has 2 aromatic carbocycles. The summed E-state index contributed by atoms with van der Waals surface area (Å²) in [4.78, 5) is 38.1. The maximum absolute atomic E-state index is 11.9. The molecular weight excluding hydrogens is 376 g/mol. The number of nitro benzene ring substituents is 1. The van der Waals surface area contributed by atoms with Crippen molar-refractivity contribution in [3.63, 3.8) is 0 Å². The summed E-state index contributed by atoms with van der Waals surface area (Å²) in [5.41, 5.74) is 1.51. The molecule has 0 aliphatic rings. The number of anilines is 1. The molecule has 0 aliphatic carbocycles. The molecule has 0 bridgehead atoms. The van der Waals surface area contributed by atoms with Gasteiger partial charge >= 0.3 is 5.97 Å². The van der Waals surface area contributed by atoms with Crippen LogP contribution in [0, 0.1) is 10.1 Å². The van der Waals surface area contributed by atoms with Gasteiger partial charge in [0, 0.05) is 12.1 Å². The van der Waals surface area contributed by atoms with E-state index in [-0.39, 0.29) is 22.9 Å². The molecule has 3 rings (SSSR count). The number of amides is 1. The third-order valence-corrected chi connectivity index (χ3v) is 3.94. The second-order valence-electron chi connectivity index (χ2n) is 5.49. The molecule has 27 heavy (non-hydrogen) atoms. The van der Waals surface area contributed by atoms with Crippen LogP contribution in [0.4, 0.5) is 11.4 Å². The first kappa shape index (κ1) is 18.3. The van der Waals surface area contributed by atoms with Gasteiger partial charge in [0.15, 0.2) is 6.61 Å². The highest BCUT2D eigenvalue weighted by atomic mass is 35.5. The number of nitrogens with one attached hydrogen (secondary N) is 1. The van der Waals surface area contributed by atoms with E-state index in [9.17, 15) is 19.7 Å². The summed E-state index contributed by atoms with van der Waals surface area (Å²) < 4.78 is 6.56. The minimum Gasteiger partial charge on any atom is -0.454 e. The topological polar surface area (TPSA) is 116 Å². The van der Waals surface area contributed by atoms with Crippen LogP contribution in [0.5, 0.6) is 0 Å². The van der Waals surface area contributed by atoms with Gasteiger partial charge in [-0.2, -0.15) is 0 Å². The molecule has 1 aromatic heterocycles. The number of nitrogens with zero attached hydrogens (tertiary/aromatic N) is 3. The molecule has 1 N–H and O–H groups in total. The van der Waals surface area contributed by atoms with E-state index in [4.69, 9.17) is 16.3 Å². The molecule has 10 heteroatoms. The van der Waals surface area contributed by atoms with Crippen molar-refractivity contribution in [3.8, 4) is 0 Å². The van der Waals surface area contributed by atoms with Gasteiger partial charge in [-0.15, -0.1) is 0 Å². The molecule has 3 aromatic rings. The van der Waals surface area contributed by atoms with E-state index >= 15 is 0 Å². The maximum atomic E-state index is 11.9. The molecule has 0 aliphatic heterocycles. The maximum Gasteiger partial charge on any atom is 0.326 e. The first-order valence-electron chi connectivity index (χ1n) is 7.73. The summed E-state index contributed by atoms with van der Waals surface area (Å²) in [6.07, 6.45) is 1.52. The molecule has 0 saturated heterocycles. The number of hydrogen-bond acceptors (Lipinski definition) is 6. The number of ether oxygens (including phenoxy) is 1. The zero-order valence-electron chi connectivity index (χ0n) is 13.8. The van der Waals surface area contributed by atoms with E-state index in [1.165, 1.54) is 18.5 Å². The number of benzene rings is 2. The van der Waals surface area contributed by atoms with E-state index in [1.54, 1.807) is 4.57 Å². The molecule has 0 saturated carbocycles.